The Balaban J connectivity index is 3.44. The van der Waals surface area contributed by atoms with Gasteiger partial charge in [0.25, 0.3) is 0 Å². The topological polar surface area (TPSA) is 59.4 Å². The summed E-state index contributed by atoms with van der Waals surface area (Å²) in [6, 6.07) is 0. The molecule has 0 aromatic carbocycles. The van der Waals surface area contributed by atoms with Crippen LogP contribution in [0.2, 0.25) is 0 Å². The van der Waals surface area contributed by atoms with Gasteiger partial charge in [0.2, 0.25) is 0 Å². The first-order valence-electron chi connectivity index (χ1n) is 4.62. The third kappa shape index (κ3) is 8.00. The predicted octanol–water partition coefficient (Wildman–Crippen LogP) is 2.99. The summed E-state index contributed by atoms with van der Waals surface area (Å²) < 4.78 is 20.6. The number of hydrogen-bond donors (Lipinski definition) is 1. The van der Waals surface area contributed by atoms with E-state index >= 15 is 0 Å². The molecule has 0 heterocycles. The second kappa shape index (κ2) is 8.27. The Morgan fingerprint density at radius 1 is 1.38 bits per heavy atom. The van der Waals surface area contributed by atoms with E-state index in [0.717, 1.165) is 19.3 Å². The van der Waals surface area contributed by atoms with E-state index in [9.17, 15) is 4.57 Å². The van der Waals surface area contributed by atoms with Crippen molar-refractivity contribution < 1.29 is 13.6 Å². The molecule has 13 heavy (non-hydrogen) atoms. The first-order chi connectivity index (χ1) is 6.20. The van der Waals surface area contributed by atoms with Gasteiger partial charge in [-0.1, -0.05) is 20.3 Å². The Hall–Kier alpha value is -0.340. The summed E-state index contributed by atoms with van der Waals surface area (Å²) in [7, 11) is -2.46. The SMILES string of the molecule is CCCCO[PH](=O)OC(=N)CCC. The van der Waals surface area contributed by atoms with Gasteiger partial charge in [0.15, 0.2) is 5.90 Å². The molecule has 0 saturated heterocycles. The van der Waals surface area contributed by atoms with E-state index < -0.39 is 8.25 Å². The summed E-state index contributed by atoms with van der Waals surface area (Å²) in [5, 5.41) is 7.22. The zero-order chi connectivity index (χ0) is 10.1. The van der Waals surface area contributed by atoms with Crippen molar-refractivity contribution in [3.8, 4) is 0 Å². The predicted molar refractivity (Wildman–Crippen MR) is 53.6 cm³/mol. The molecule has 1 N–H and O–H groups in total. The zero-order valence-corrected chi connectivity index (χ0v) is 9.26. The van der Waals surface area contributed by atoms with Crippen LogP contribution >= 0.6 is 8.25 Å². The van der Waals surface area contributed by atoms with Crippen LogP contribution < -0.4 is 0 Å². The molecule has 4 nitrogen and oxygen atoms in total. The second-order valence-corrected chi connectivity index (χ2v) is 3.72. The zero-order valence-electron chi connectivity index (χ0n) is 8.26. The Morgan fingerprint density at radius 2 is 2.08 bits per heavy atom. The minimum Gasteiger partial charge on any atom is -0.412 e. The molecule has 1 unspecified atom stereocenters. The van der Waals surface area contributed by atoms with Crippen molar-refractivity contribution in [3.63, 3.8) is 0 Å². The van der Waals surface area contributed by atoms with Gasteiger partial charge >= 0.3 is 8.25 Å². The van der Waals surface area contributed by atoms with Crippen LogP contribution in [-0.2, 0) is 13.6 Å². The van der Waals surface area contributed by atoms with E-state index in [1.165, 1.54) is 0 Å². The van der Waals surface area contributed by atoms with Crippen molar-refractivity contribution in [1.29, 1.82) is 5.41 Å². The van der Waals surface area contributed by atoms with Crippen LogP contribution in [0, 0.1) is 5.41 Å². The van der Waals surface area contributed by atoms with Gasteiger partial charge in [0, 0.05) is 6.42 Å². The molecule has 1 atom stereocenters. The van der Waals surface area contributed by atoms with Gasteiger partial charge in [0.1, 0.15) is 0 Å². The Kier molecular flexibility index (Phi) is 8.05. The van der Waals surface area contributed by atoms with Gasteiger partial charge in [-0.3, -0.25) is 5.41 Å². The molecule has 0 aromatic rings. The molecular formula is C8H18NO3P. The summed E-state index contributed by atoms with van der Waals surface area (Å²) >= 11 is 0. The van der Waals surface area contributed by atoms with Gasteiger partial charge in [0.05, 0.1) is 6.61 Å². The van der Waals surface area contributed by atoms with E-state index in [4.69, 9.17) is 14.5 Å². The van der Waals surface area contributed by atoms with Crippen LogP contribution in [0.15, 0.2) is 0 Å². The maximum absolute atomic E-state index is 11.0. The normalized spacial score (nSPS) is 12.5. The van der Waals surface area contributed by atoms with Crippen molar-refractivity contribution in [2.75, 3.05) is 6.61 Å². The lowest BCUT2D eigenvalue weighted by Gasteiger charge is -2.06. The monoisotopic (exact) mass is 207 g/mol. The highest BCUT2D eigenvalue weighted by Gasteiger charge is 2.03. The van der Waals surface area contributed by atoms with Crippen molar-refractivity contribution >= 4 is 14.2 Å². The highest BCUT2D eigenvalue weighted by Crippen LogP contribution is 2.24. The molecule has 0 rings (SSSR count). The quantitative estimate of drug-likeness (QED) is 0.302. The molecular weight excluding hydrogens is 189 g/mol. The van der Waals surface area contributed by atoms with Crippen molar-refractivity contribution in [2.24, 2.45) is 0 Å². The standard InChI is InChI=1S/C8H18NO3P/c1-3-5-7-11-13(10)12-8(9)6-4-2/h9,13H,3-7H2,1-2H3. The van der Waals surface area contributed by atoms with Crippen LogP contribution in [0.1, 0.15) is 39.5 Å². The molecule has 78 valence electrons. The first-order valence-corrected chi connectivity index (χ1v) is 5.85. The van der Waals surface area contributed by atoms with Gasteiger partial charge in [-0.25, -0.2) is 4.57 Å². The summed E-state index contributed by atoms with van der Waals surface area (Å²) in [5.41, 5.74) is 0. The fraction of sp³-hybridized carbons (Fsp3) is 0.875. The Labute approximate surface area is 80.1 Å². The van der Waals surface area contributed by atoms with Gasteiger partial charge in [-0.15, -0.1) is 0 Å². The number of unbranched alkanes of at least 4 members (excludes halogenated alkanes) is 1. The first kappa shape index (κ1) is 12.7. The van der Waals surface area contributed by atoms with Gasteiger partial charge in [-0.2, -0.15) is 0 Å². The average molecular weight is 207 g/mol. The van der Waals surface area contributed by atoms with Crippen molar-refractivity contribution in [2.45, 2.75) is 39.5 Å². The lowest BCUT2D eigenvalue weighted by atomic mass is 10.3. The maximum Gasteiger partial charge on any atom is 0.368 e. The fourth-order valence-corrected chi connectivity index (χ4v) is 1.38. The number of rotatable bonds is 7. The van der Waals surface area contributed by atoms with Gasteiger partial charge < -0.3 is 9.05 Å². The van der Waals surface area contributed by atoms with E-state index in [2.05, 4.69) is 0 Å². The third-order valence-electron chi connectivity index (χ3n) is 1.40. The molecule has 0 saturated carbocycles. The molecule has 0 fully saturated rings. The number of hydrogen-bond acceptors (Lipinski definition) is 4. The van der Waals surface area contributed by atoms with Crippen molar-refractivity contribution in [1.82, 2.24) is 0 Å². The molecule has 0 aliphatic heterocycles. The average Bonchev–Trinajstić information content (AvgIpc) is 2.05. The smallest absolute Gasteiger partial charge is 0.368 e. The molecule has 0 aliphatic rings. The highest BCUT2D eigenvalue weighted by molar-refractivity contribution is 7.34. The van der Waals surface area contributed by atoms with E-state index in [1.54, 1.807) is 0 Å². The van der Waals surface area contributed by atoms with Crippen LogP contribution in [-0.4, -0.2) is 12.5 Å². The Bertz CT molecular complexity index is 173. The fourth-order valence-electron chi connectivity index (χ4n) is 0.708. The summed E-state index contributed by atoms with van der Waals surface area (Å²) in [6.45, 7) is 4.42. The second-order valence-electron chi connectivity index (χ2n) is 2.73. The summed E-state index contributed by atoms with van der Waals surface area (Å²) in [5.74, 6) is 0.0582. The maximum atomic E-state index is 11.0. The largest absolute Gasteiger partial charge is 0.412 e. The van der Waals surface area contributed by atoms with E-state index in [0.29, 0.717) is 13.0 Å². The van der Waals surface area contributed by atoms with Crippen LogP contribution in [0.4, 0.5) is 0 Å². The highest BCUT2D eigenvalue weighted by atomic mass is 31.1. The van der Waals surface area contributed by atoms with E-state index in [-0.39, 0.29) is 5.90 Å². The lowest BCUT2D eigenvalue weighted by Crippen LogP contribution is -1.97. The summed E-state index contributed by atoms with van der Waals surface area (Å²) in [6.07, 6.45) is 3.22. The minimum atomic E-state index is -2.46. The molecule has 5 heteroatoms. The van der Waals surface area contributed by atoms with Crippen LogP contribution in [0.3, 0.4) is 0 Å². The molecule has 0 radical (unpaired) electrons. The number of nitrogens with one attached hydrogen (secondary N) is 1. The van der Waals surface area contributed by atoms with Crippen LogP contribution in [0.25, 0.3) is 0 Å². The van der Waals surface area contributed by atoms with Crippen molar-refractivity contribution in [3.05, 3.63) is 0 Å². The molecule has 0 amide bonds. The third-order valence-corrected chi connectivity index (χ3v) is 2.25. The Morgan fingerprint density at radius 3 is 2.62 bits per heavy atom. The molecule has 0 aromatic heterocycles. The van der Waals surface area contributed by atoms with Gasteiger partial charge in [-0.05, 0) is 12.8 Å². The lowest BCUT2D eigenvalue weighted by molar-refractivity contribution is 0.276. The molecule has 0 aliphatic carbocycles. The molecule has 0 bridgehead atoms. The summed E-state index contributed by atoms with van der Waals surface area (Å²) in [4.78, 5) is 0. The van der Waals surface area contributed by atoms with Crippen LogP contribution in [0.5, 0.6) is 0 Å². The minimum absolute atomic E-state index is 0.0582. The molecule has 0 spiro atoms. The van der Waals surface area contributed by atoms with E-state index in [1.807, 2.05) is 13.8 Å².